The van der Waals surface area contributed by atoms with E-state index in [2.05, 4.69) is 12.2 Å². The van der Waals surface area contributed by atoms with E-state index in [1.54, 1.807) is 4.31 Å². The highest BCUT2D eigenvalue weighted by atomic mass is 32.2. The fourth-order valence-corrected chi connectivity index (χ4v) is 4.85. The van der Waals surface area contributed by atoms with E-state index < -0.39 is 10.0 Å². The Labute approximate surface area is 110 Å². The fourth-order valence-electron chi connectivity index (χ4n) is 2.80. The molecule has 106 valence electrons. The van der Waals surface area contributed by atoms with Crippen LogP contribution in [0.25, 0.3) is 0 Å². The third-order valence-electron chi connectivity index (χ3n) is 3.75. The maximum absolute atomic E-state index is 12.5. The van der Waals surface area contributed by atoms with Gasteiger partial charge in [-0.1, -0.05) is 13.3 Å². The average molecular weight is 276 g/mol. The third-order valence-corrected chi connectivity index (χ3v) is 5.83. The molecule has 5 nitrogen and oxygen atoms in total. The van der Waals surface area contributed by atoms with Crippen molar-refractivity contribution in [3.8, 4) is 0 Å². The zero-order valence-electron chi connectivity index (χ0n) is 11.1. The lowest BCUT2D eigenvalue weighted by atomic mass is 10.1. The summed E-state index contributed by atoms with van der Waals surface area (Å²) < 4.78 is 31.9. The minimum absolute atomic E-state index is 0.135. The number of sulfonamides is 1. The SMILES string of the molecule is CCCC1CNCCN1S(=O)(=O)CC1CCOC1. The number of hydrogen-bond donors (Lipinski definition) is 1. The van der Waals surface area contributed by atoms with Gasteiger partial charge in [0.1, 0.15) is 0 Å². The van der Waals surface area contributed by atoms with E-state index in [0.717, 1.165) is 32.4 Å². The standard InChI is InChI=1S/C12H24N2O3S/c1-2-3-12-8-13-5-6-14(12)18(15,16)10-11-4-7-17-9-11/h11-13H,2-10H2,1H3. The Hall–Kier alpha value is -0.170. The summed E-state index contributed by atoms with van der Waals surface area (Å²) in [6.07, 6.45) is 2.84. The van der Waals surface area contributed by atoms with Crippen LogP contribution >= 0.6 is 0 Å². The summed E-state index contributed by atoms with van der Waals surface area (Å²) in [4.78, 5) is 0. The lowest BCUT2D eigenvalue weighted by molar-refractivity contribution is 0.188. The average Bonchev–Trinajstić information content (AvgIpc) is 2.82. The van der Waals surface area contributed by atoms with E-state index in [0.29, 0.717) is 19.8 Å². The van der Waals surface area contributed by atoms with Gasteiger partial charge in [0.25, 0.3) is 0 Å². The number of piperazine rings is 1. The molecule has 0 radical (unpaired) electrons. The second-order valence-electron chi connectivity index (χ2n) is 5.27. The molecule has 0 aromatic carbocycles. The Morgan fingerprint density at radius 3 is 2.94 bits per heavy atom. The molecule has 2 atom stereocenters. The van der Waals surface area contributed by atoms with Gasteiger partial charge in [0.2, 0.25) is 10.0 Å². The lowest BCUT2D eigenvalue weighted by Gasteiger charge is -2.35. The fraction of sp³-hybridized carbons (Fsp3) is 1.00. The Bertz CT molecular complexity index is 350. The van der Waals surface area contributed by atoms with Crippen LogP contribution in [0.3, 0.4) is 0 Å². The first-order valence-electron chi connectivity index (χ1n) is 6.91. The van der Waals surface area contributed by atoms with Crippen molar-refractivity contribution in [1.82, 2.24) is 9.62 Å². The summed E-state index contributed by atoms with van der Waals surface area (Å²) in [6.45, 7) is 5.57. The molecule has 2 aliphatic heterocycles. The Morgan fingerprint density at radius 1 is 1.44 bits per heavy atom. The first kappa shape index (κ1) is 14.2. The molecule has 2 heterocycles. The van der Waals surface area contributed by atoms with Gasteiger partial charge in [-0.3, -0.25) is 0 Å². The molecular formula is C12H24N2O3S. The molecule has 2 unspecified atom stereocenters. The Kier molecular flexibility index (Phi) is 5.00. The topological polar surface area (TPSA) is 58.6 Å². The van der Waals surface area contributed by atoms with E-state index in [4.69, 9.17) is 4.74 Å². The van der Waals surface area contributed by atoms with E-state index in [1.807, 2.05) is 0 Å². The van der Waals surface area contributed by atoms with Crippen LogP contribution in [0.2, 0.25) is 0 Å². The van der Waals surface area contributed by atoms with Crippen molar-refractivity contribution < 1.29 is 13.2 Å². The molecule has 0 spiro atoms. The normalized spacial score (nSPS) is 30.7. The predicted molar refractivity (Wildman–Crippen MR) is 71.0 cm³/mol. The van der Waals surface area contributed by atoms with Crippen molar-refractivity contribution in [2.75, 3.05) is 38.6 Å². The maximum atomic E-state index is 12.5. The molecule has 0 saturated carbocycles. The van der Waals surface area contributed by atoms with Gasteiger partial charge in [0, 0.05) is 32.3 Å². The van der Waals surface area contributed by atoms with Crippen LogP contribution in [-0.2, 0) is 14.8 Å². The first-order chi connectivity index (χ1) is 8.63. The smallest absolute Gasteiger partial charge is 0.214 e. The molecule has 0 aromatic rings. The van der Waals surface area contributed by atoms with Crippen molar-refractivity contribution in [2.24, 2.45) is 5.92 Å². The van der Waals surface area contributed by atoms with E-state index in [-0.39, 0.29) is 17.7 Å². The summed E-state index contributed by atoms with van der Waals surface area (Å²) in [6, 6.07) is 0.135. The first-order valence-corrected chi connectivity index (χ1v) is 8.52. The van der Waals surface area contributed by atoms with Gasteiger partial charge in [0.15, 0.2) is 0 Å². The molecule has 2 aliphatic rings. The summed E-state index contributed by atoms with van der Waals surface area (Å²) in [5, 5.41) is 3.28. The number of nitrogens with one attached hydrogen (secondary N) is 1. The molecular weight excluding hydrogens is 252 g/mol. The highest BCUT2D eigenvalue weighted by Crippen LogP contribution is 2.20. The largest absolute Gasteiger partial charge is 0.381 e. The summed E-state index contributed by atoms with van der Waals surface area (Å²) in [7, 11) is -3.12. The molecule has 6 heteroatoms. The van der Waals surface area contributed by atoms with Crippen LogP contribution in [0.1, 0.15) is 26.2 Å². The Morgan fingerprint density at radius 2 is 2.28 bits per heavy atom. The van der Waals surface area contributed by atoms with Gasteiger partial charge in [-0.05, 0) is 18.8 Å². The van der Waals surface area contributed by atoms with Crippen LogP contribution < -0.4 is 5.32 Å². The van der Waals surface area contributed by atoms with Gasteiger partial charge in [0.05, 0.1) is 12.4 Å². The monoisotopic (exact) mass is 276 g/mol. The number of nitrogens with zero attached hydrogens (tertiary/aromatic N) is 1. The summed E-state index contributed by atoms with van der Waals surface area (Å²) >= 11 is 0. The highest BCUT2D eigenvalue weighted by molar-refractivity contribution is 7.89. The molecule has 1 N–H and O–H groups in total. The summed E-state index contributed by atoms with van der Waals surface area (Å²) in [5.41, 5.74) is 0. The van der Waals surface area contributed by atoms with Crippen LogP contribution in [0, 0.1) is 5.92 Å². The van der Waals surface area contributed by atoms with Crippen molar-refractivity contribution >= 4 is 10.0 Å². The van der Waals surface area contributed by atoms with Gasteiger partial charge < -0.3 is 10.1 Å². The molecule has 2 fully saturated rings. The molecule has 2 saturated heterocycles. The van der Waals surface area contributed by atoms with E-state index >= 15 is 0 Å². The van der Waals surface area contributed by atoms with Crippen molar-refractivity contribution in [3.63, 3.8) is 0 Å². The molecule has 0 amide bonds. The van der Waals surface area contributed by atoms with Crippen molar-refractivity contribution in [3.05, 3.63) is 0 Å². The van der Waals surface area contributed by atoms with Gasteiger partial charge in [-0.25, -0.2) is 8.42 Å². The number of rotatable bonds is 5. The second kappa shape index (κ2) is 6.32. The number of hydrogen-bond acceptors (Lipinski definition) is 4. The van der Waals surface area contributed by atoms with Gasteiger partial charge >= 0.3 is 0 Å². The van der Waals surface area contributed by atoms with Crippen LogP contribution in [0.5, 0.6) is 0 Å². The molecule has 0 aliphatic carbocycles. The van der Waals surface area contributed by atoms with Crippen LogP contribution in [0.15, 0.2) is 0 Å². The maximum Gasteiger partial charge on any atom is 0.214 e. The summed E-state index contributed by atoms with van der Waals surface area (Å²) in [5.74, 6) is 0.444. The number of ether oxygens (including phenoxy) is 1. The van der Waals surface area contributed by atoms with Gasteiger partial charge in [-0.15, -0.1) is 0 Å². The lowest BCUT2D eigenvalue weighted by Crippen LogP contribution is -2.54. The molecule has 0 aromatic heterocycles. The second-order valence-corrected chi connectivity index (χ2v) is 7.23. The minimum Gasteiger partial charge on any atom is -0.381 e. The molecule has 2 rings (SSSR count). The van der Waals surface area contributed by atoms with E-state index in [9.17, 15) is 8.42 Å². The van der Waals surface area contributed by atoms with Crippen LogP contribution in [-0.4, -0.2) is 57.4 Å². The van der Waals surface area contributed by atoms with Crippen LogP contribution in [0.4, 0.5) is 0 Å². The zero-order chi connectivity index (χ0) is 13.0. The quantitative estimate of drug-likeness (QED) is 0.791. The minimum atomic E-state index is -3.12. The van der Waals surface area contributed by atoms with Crippen molar-refractivity contribution in [2.45, 2.75) is 32.2 Å². The highest BCUT2D eigenvalue weighted by Gasteiger charge is 2.34. The van der Waals surface area contributed by atoms with Crippen molar-refractivity contribution in [1.29, 1.82) is 0 Å². The Balaban J connectivity index is 2.01. The van der Waals surface area contributed by atoms with E-state index in [1.165, 1.54) is 0 Å². The predicted octanol–water partition coefficient (Wildman–Crippen LogP) is 0.427. The molecule has 0 bridgehead atoms. The molecule has 18 heavy (non-hydrogen) atoms. The third kappa shape index (κ3) is 3.44. The van der Waals surface area contributed by atoms with Gasteiger partial charge in [-0.2, -0.15) is 4.31 Å². The zero-order valence-corrected chi connectivity index (χ0v) is 11.9.